The fourth-order valence-corrected chi connectivity index (χ4v) is 4.04. The van der Waals surface area contributed by atoms with Crippen LogP contribution in [0.5, 0.6) is 0 Å². The predicted octanol–water partition coefficient (Wildman–Crippen LogP) is 1.59. The third-order valence-corrected chi connectivity index (χ3v) is 5.92. The van der Waals surface area contributed by atoms with Gasteiger partial charge in [-0.1, -0.05) is 18.2 Å². The van der Waals surface area contributed by atoms with Crippen molar-refractivity contribution in [1.29, 1.82) is 0 Å². The van der Waals surface area contributed by atoms with E-state index in [0.717, 1.165) is 15.6 Å². The lowest BCUT2D eigenvalue weighted by Gasteiger charge is -2.15. The molecule has 0 atom stereocenters. The van der Waals surface area contributed by atoms with Gasteiger partial charge in [0.2, 0.25) is 5.91 Å². The summed E-state index contributed by atoms with van der Waals surface area (Å²) in [7, 11) is -2.34. The van der Waals surface area contributed by atoms with Crippen LogP contribution in [-0.2, 0) is 14.8 Å². The van der Waals surface area contributed by atoms with Gasteiger partial charge < -0.3 is 11.1 Å². The Morgan fingerprint density at radius 2 is 2.00 bits per heavy atom. The molecule has 0 saturated heterocycles. The number of carbonyl (C=O) groups is 1. The number of hydrogen-bond acceptors (Lipinski definition) is 5. The predicted molar refractivity (Wildman–Crippen MR) is 83.6 cm³/mol. The van der Waals surface area contributed by atoms with Crippen LogP contribution in [0.25, 0.3) is 0 Å². The number of nitrogens with zero attached hydrogens (tertiary/aromatic N) is 1. The number of rotatable bonds is 5. The minimum atomic E-state index is -3.69. The Balaban J connectivity index is 2.04. The van der Waals surface area contributed by atoms with Gasteiger partial charge in [0.25, 0.3) is 10.0 Å². The number of hydrogen-bond donors (Lipinski definition) is 2. The summed E-state index contributed by atoms with van der Waals surface area (Å²) >= 11 is 1.03. The van der Waals surface area contributed by atoms with Gasteiger partial charge in [0.05, 0.1) is 6.54 Å². The molecular weight excluding hydrogens is 310 g/mol. The van der Waals surface area contributed by atoms with Gasteiger partial charge in [0.1, 0.15) is 4.21 Å². The maximum Gasteiger partial charge on any atom is 0.252 e. The second-order valence-corrected chi connectivity index (χ2v) is 7.56. The number of nitrogens with one attached hydrogen (secondary N) is 1. The lowest BCUT2D eigenvalue weighted by Crippen LogP contribution is -2.34. The van der Waals surface area contributed by atoms with Gasteiger partial charge in [-0.05, 0) is 18.2 Å². The third kappa shape index (κ3) is 3.81. The number of sulfonamides is 1. The Morgan fingerprint density at radius 1 is 1.33 bits per heavy atom. The normalized spacial score (nSPS) is 11.5. The Kier molecular flexibility index (Phi) is 4.61. The maximum absolute atomic E-state index is 12.2. The molecule has 2 aromatic rings. The standard InChI is InChI=1S/C13H15N3O3S2/c1-16(21(18,19)13-7-10(14)9-20-13)8-12(17)15-11-5-3-2-4-6-11/h2-7,9H,8,14H2,1H3,(H,15,17). The fraction of sp³-hybridized carbons (Fsp3) is 0.154. The van der Waals surface area contributed by atoms with E-state index in [0.29, 0.717) is 11.4 Å². The van der Waals surface area contributed by atoms with E-state index < -0.39 is 15.9 Å². The van der Waals surface area contributed by atoms with Crippen LogP contribution < -0.4 is 11.1 Å². The van der Waals surface area contributed by atoms with Crippen LogP contribution in [0.15, 0.2) is 46.0 Å². The molecule has 1 aromatic carbocycles. The highest BCUT2D eigenvalue weighted by Crippen LogP contribution is 2.24. The quantitative estimate of drug-likeness (QED) is 0.873. The Bertz CT molecular complexity index is 726. The van der Waals surface area contributed by atoms with Crippen LogP contribution in [-0.4, -0.2) is 32.2 Å². The van der Waals surface area contributed by atoms with Crippen molar-refractivity contribution in [2.75, 3.05) is 24.6 Å². The van der Waals surface area contributed by atoms with Crippen LogP contribution in [0.1, 0.15) is 0 Å². The summed E-state index contributed by atoms with van der Waals surface area (Å²) in [5.41, 5.74) is 6.54. The summed E-state index contributed by atoms with van der Waals surface area (Å²) < 4.78 is 25.6. The van der Waals surface area contributed by atoms with E-state index in [1.807, 2.05) is 6.07 Å². The second-order valence-electron chi connectivity index (χ2n) is 4.37. The topological polar surface area (TPSA) is 92.5 Å². The largest absolute Gasteiger partial charge is 0.398 e. The number of para-hydroxylation sites is 1. The van der Waals surface area contributed by atoms with Crippen LogP contribution in [0.4, 0.5) is 11.4 Å². The highest BCUT2D eigenvalue weighted by Gasteiger charge is 2.24. The lowest BCUT2D eigenvalue weighted by atomic mass is 10.3. The van der Waals surface area contributed by atoms with E-state index in [4.69, 9.17) is 5.73 Å². The van der Waals surface area contributed by atoms with Crippen molar-refractivity contribution >= 4 is 38.6 Å². The van der Waals surface area contributed by atoms with E-state index in [1.54, 1.807) is 29.6 Å². The molecule has 0 spiro atoms. The van der Waals surface area contributed by atoms with Gasteiger partial charge in [-0.25, -0.2) is 8.42 Å². The highest BCUT2D eigenvalue weighted by atomic mass is 32.2. The number of thiophene rings is 1. The summed E-state index contributed by atoms with van der Waals surface area (Å²) in [5.74, 6) is -0.406. The second kappa shape index (κ2) is 6.25. The summed E-state index contributed by atoms with van der Waals surface area (Å²) in [6.45, 7) is -0.269. The molecule has 1 amide bonds. The first-order chi connectivity index (χ1) is 9.89. The van der Waals surface area contributed by atoms with E-state index in [-0.39, 0.29) is 10.8 Å². The van der Waals surface area contributed by atoms with Gasteiger partial charge in [-0.2, -0.15) is 4.31 Å². The monoisotopic (exact) mass is 325 g/mol. The fourth-order valence-electron chi connectivity index (χ4n) is 1.63. The van der Waals surface area contributed by atoms with Crippen molar-refractivity contribution < 1.29 is 13.2 Å². The van der Waals surface area contributed by atoms with Crippen LogP contribution in [0.3, 0.4) is 0 Å². The molecule has 0 bridgehead atoms. The molecule has 0 aliphatic heterocycles. The van der Waals surface area contributed by atoms with Crippen molar-refractivity contribution in [3.8, 4) is 0 Å². The average Bonchev–Trinajstić information content (AvgIpc) is 2.87. The molecule has 21 heavy (non-hydrogen) atoms. The number of anilines is 2. The van der Waals surface area contributed by atoms with Crippen LogP contribution in [0, 0.1) is 0 Å². The molecular formula is C13H15N3O3S2. The van der Waals surface area contributed by atoms with E-state index in [2.05, 4.69) is 5.32 Å². The van der Waals surface area contributed by atoms with Gasteiger partial charge >= 0.3 is 0 Å². The van der Waals surface area contributed by atoms with Crippen molar-refractivity contribution in [3.63, 3.8) is 0 Å². The first kappa shape index (κ1) is 15.5. The van der Waals surface area contributed by atoms with E-state index in [1.165, 1.54) is 13.1 Å². The molecule has 0 aliphatic rings. The number of benzene rings is 1. The van der Waals surface area contributed by atoms with Gasteiger partial charge in [-0.3, -0.25) is 4.79 Å². The maximum atomic E-state index is 12.2. The van der Waals surface area contributed by atoms with Crippen LogP contribution >= 0.6 is 11.3 Å². The minimum Gasteiger partial charge on any atom is -0.398 e. The zero-order chi connectivity index (χ0) is 15.5. The van der Waals surface area contributed by atoms with E-state index in [9.17, 15) is 13.2 Å². The first-order valence-electron chi connectivity index (χ1n) is 6.05. The summed E-state index contributed by atoms with van der Waals surface area (Å²) in [5, 5.41) is 4.18. The zero-order valence-electron chi connectivity index (χ0n) is 11.3. The summed E-state index contributed by atoms with van der Waals surface area (Å²) in [6, 6.07) is 10.2. The first-order valence-corrected chi connectivity index (χ1v) is 8.37. The molecule has 1 heterocycles. The molecule has 1 aromatic heterocycles. The Hall–Kier alpha value is -1.90. The number of carbonyl (C=O) groups excluding carboxylic acids is 1. The zero-order valence-corrected chi connectivity index (χ0v) is 12.9. The minimum absolute atomic E-state index is 0.120. The molecule has 0 saturated carbocycles. The average molecular weight is 325 g/mol. The van der Waals surface area contributed by atoms with Crippen molar-refractivity contribution in [3.05, 3.63) is 41.8 Å². The molecule has 0 aliphatic carbocycles. The molecule has 0 radical (unpaired) electrons. The highest BCUT2D eigenvalue weighted by molar-refractivity contribution is 7.91. The van der Waals surface area contributed by atoms with E-state index >= 15 is 0 Å². The molecule has 3 N–H and O–H groups in total. The molecule has 0 unspecified atom stereocenters. The lowest BCUT2D eigenvalue weighted by molar-refractivity contribution is -0.116. The van der Waals surface area contributed by atoms with Gasteiger partial charge in [-0.15, -0.1) is 11.3 Å². The van der Waals surface area contributed by atoms with Gasteiger partial charge in [0, 0.05) is 23.8 Å². The van der Waals surface area contributed by atoms with Crippen molar-refractivity contribution in [2.24, 2.45) is 0 Å². The molecule has 112 valence electrons. The molecule has 0 fully saturated rings. The number of amides is 1. The summed E-state index contributed by atoms with van der Waals surface area (Å²) in [6.07, 6.45) is 0. The smallest absolute Gasteiger partial charge is 0.252 e. The number of nitrogens with two attached hydrogens (primary N) is 1. The molecule has 6 nitrogen and oxygen atoms in total. The van der Waals surface area contributed by atoms with Crippen molar-refractivity contribution in [2.45, 2.75) is 4.21 Å². The van der Waals surface area contributed by atoms with Crippen molar-refractivity contribution in [1.82, 2.24) is 4.31 Å². The van der Waals surface area contributed by atoms with Crippen LogP contribution in [0.2, 0.25) is 0 Å². The summed E-state index contributed by atoms with van der Waals surface area (Å²) in [4.78, 5) is 11.9. The molecule has 8 heteroatoms. The Morgan fingerprint density at radius 3 is 2.57 bits per heavy atom. The molecule has 2 rings (SSSR count). The number of likely N-dealkylation sites (N-methyl/N-ethyl adjacent to an activating group) is 1. The SMILES string of the molecule is CN(CC(=O)Nc1ccccc1)S(=O)(=O)c1cc(N)cs1. The Labute approximate surface area is 127 Å². The van der Waals surface area contributed by atoms with Gasteiger partial charge in [0.15, 0.2) is 0 Å². The number of nitrogen functional groups attached to an aromatic ring is 1. The third-order valence-electron chi connectivity index (χ3n) is 2.68.